The number of nitrogens with zero attached hydrogens (tertiary/aromatic N) is 2. The standard InChI is InChI=1S/C9H14ClN3S/c1-5-3-4-7(6(5)2)11-9-8(10)12-14-13-9/h5-7H,3-4H2,1-2H3,(H,11,13). The van der Waals surface area contributed by atoms with Gasteiger partial charge in [0.05, 0.1) is 11.7 Å². The van der Waals surface area contributed by atoms with E-state index >= 15 is 0 Å². The Morgan fingerprint density at radius 2 is 2.14 bits per heavy atom. The lowest BCUT2D eigenvalue weighted by Gasteiger charge is -2.19. The molecule has 5 heteroatoms. The summed E-state index contributed by atoms with van der Waals surface area (Å²) in [6, 6.07) is 0.506. The molecule has 3 atom stereocenters. The van der Waals surface area contributed by atoms with Gasteiger partial charge in [0.25, 0.3) is 0 Å². The minimum atomic E-state index is 0.502. The van der Waals surface area contributed by atoms with E-state index in [1.807, 2.05) is 0 Å². The predicted octanol–water partition coefficient (Wildman–Crippen LogP) is 3.04. The Hall–Kier alpha value is -0.350. The van der Waals surface area contributed by atoms with Crippen LogP contribution in [0.15, 0.2) is 0 Å². The van der Waals surface area contributed by atoms with Crippen LogP contribution in [-0.4, -0.2) is 14.8 Å². The van der Waals surface area contributed by atoms with Crippen molar-refractivity contribution in [2.75, 3.05) is 5.32 Å². The second-order valence-electron chi connectivity index (χ2n) is 4.07. The number of nitrogens with one attached hydrogen (secondary N) is 1. The highest BCUT2D eigenvalue weighted by atomic mass is 35.5. The summed E-state index contributed by atoms with van der Waals surface area (Å²) in [5.41, 5.74) is 0. The molecule has 2 rings (SSSR count). The van der Waals surface area contributed by atoms with Gasteiger partial charge in [0.1, 0.15) is 0 Å². The van der Waals surface area contributed by atoms with Gasteiger partial charge in [0, 0.05) is 6.04 Å². The van der Waals surface area contributed by atoms with Crippen molar-refractivity contribution < 1.29 is 0 Å². The van der Waals surface area contributed by atoms with Crippen LogP contribution < -0.4 is 5.32 Å². The van der Waals surface area contributed by atoms with Crippen LogP contribution in [0.5, 0.6) is 0 Å². The number of hydrogen-bond donors (Lipinski definition) is 1. The smallest absolute Gasteiger partial charge is 0.186 e. The molecule has 0 saturated heterocycles. The second-order valence-corrected chi connectivity index (χ2v) is 4.95. The summed E-state index contributed by atoms with van der Waals surface area (Å²) in [6.45, 7) is 4.58. The van der Waals surface area contributed by atoms with Crippen LogP contribution in [0.2, 0.25) is 5.15 Å². The molecule has 1 aliphatic carbocycles. The molecule has 1 saturated carbocycles. The van der Waals surface area contributed by atoms with Gasteiger partial charge in [0.2, 0.25) is 0 Å². The van der Waals surface area contributed by atoms with Crippen LogP contribution in [-0.2, 0) is 0 Å². The first-order valence-electron chi connectivity index (χ1n) is 4.93. The highest BCUT2D eigenvalue weighted by molar-refractivity contribution is 6.99. The molecule has 1 aromatic rings. The van der Waals surface area contributed by atoms with Crippen LogP contribution in [0, 0.1) is 11.8 Å². The number of hydrogen-bond acceptors (Lipinski definition) is 4. The predicted molar refractivity (Wildman–Crippen MR) is 59.9 cm³/mol. The van der Waals surface area contributed by atoms with Crippen LogP contribution in [0.1, 0.15) is 26.7 Å². The fourth-order valence-electron chi connectivity index (χ4n) is 2.01. The Kier molecular flexibility index (Phi) is 2.93. The average Bonchev–Trinajstić information content (AvgIpc) is 2.68. The highest BCUT2D eigenvalue weighted by Gasteiger charge is 2.30. The van der Waals surface area contributed by atoms with Crippen molar-refractivity contribution in [3.8, 4) is 0 Å². The van der Waals surface area contributed by atoms with Crippen molar-refractivity contribution in [2.45, 2.75) is 32.7 Å². The molecule has 1 fully saturated rings. The van der Waals surface area contributed by atoms with E-state index in [-0.39, 0.29) is 0 Å². The van der Waals surface area contributed by atoms with Crippen molar-refractivity contribution in [3.05, 3.63) is 5.15 Å². The van der Waals surface area contributed by atoms with E-state index in [0.717, 1.165) is 23.5 Å². The van der Waals surface area contributed by atoms with Crippen molar-refractivity contribution in [1.82, 2.24) is 8.75 Å². The summed E-state index contributed by atoms with van der Waals surface area (Å²) < 4.78 is 8.06. The molecule has 0 spiro atoms. The molecule has 0 aliphatic heterocycles. The van der Waals surface area contributed by atoms with E-state index in [0.29, 0.717) is 17.1 Å². The average molecular weight is 232 g/mol. The number of anilines is 1. The molecule has 0 amide bonds. The molecular formula is C9H14ClN3S. The Bertz CT molecular complexity index is 315. The molecule has 3 unspecified atom stereocenters. The first-order chi connectivity index (χ1) is 6.68. The molecule has 1 heterocycles. The lowest BCUT2D eigenvalue weighted by molar-refractivity contribution is 0.435. The van der Waals surface area contributed by atoms with E-state index < -0.39 is 0 Å². The summed E-state index contributed by atoms with van der Waals surface area (Å²) >= 11 is 7.03. The van der Waals surface area contributed by atoms with Gasteiger partial charge in [0.15, 0.2) is 11.0 Å². The fourth-order valence-corrected chi connectivity index (χ4v) is 2.67. The summed E-state index contributed by atoms with van der Waals surface area (Å²) in [7, 11) is 0. The van der Waals surface area contributed by atoms with E-state index in [2.05, 4.69) is 27.9 Å². The highest BCUT2D eigenvalue weighted by Crippen LogP contribution is 2.34. The summed E-state index contributed by atoms with van der Waals surface area (Å²) in [6.07, 6.45) is 2.49. The topological polar surface area (TPSA) is 37.8 Å². The van der Waals surface area contributed by atoms with Crippen molar-refractivity contribution >= 4 is 29.1 Å². The molecular weight excluding hydrogens is 218 g/mol. The zero-order valence-corrected chi connectivity index (χ0v) is 9.90. The molecule has 0 bridgehead atoms. The van der Waals surface area contributed by atoms with Gasteiger partial charge >= 0.3 is 0 Å². The third-order valence-corrected chi connectivity index (χ3v) is 4.13. The summed E-state index contributed by atoms with van der Waals surface area (Å²) in [5.74, 6) is 2.23. The lowest BCUT2D eigenvalue weighted by atomic mass is 9.98. The minimum absolute atomic E-state index is 0.502. The zero-order valence-electron chi connectivity index (χ0n) is 8.33. The third kappa shape index (κ3) is 1.86. The molecule has 1 aliphatic rings. The largest absolute Gasteiger partial charge is 0.364 e. The maximum Gasteiger partial charge on any atom is 0.186 e. The van der Waals surface area contributed by atoms with Crippen LogP contribution in [0.25, 0.3) is 0 Å². The normalized spacial score (nSPS) is 32.1. The molecule has 0 aromatic carbocycles. The van der Waals surface area contributed by atoms with Crippen LogP contribution in [0.3, 0.4) is 0 Å². The fraction of sp³-hybridized carbons (Fsp3) is 0.778. The van der Waals surface area contributed by atoms with E-state index in [9.17, 15) is 0 Å². The number of halogens is 1. The minimum Gasteiger partial charge on any atom is -0.364 e. The Morgan fingerprint density at radius 1 is 1.36 bits per heavy atom. The number of rotatable bonds is 2. The molecule has 3 nitrogen and oxygen atoms in total. The number of aromatic nitrogens is 2. The molecule has 78 valence electrons. The zero-order chi connectivity index (χ0) is 10.1. The molecule has 1 N–H and O–H groups in total. The Morgan fingerprint density at radius 3 is 2.64 bits per heavy atom. The van der Waals surface area contributed by atoms with Gasteiger partial charge in [-0.1, -0.05) is 25.4 Å². The molecule has 0 radical (unpaired) electrons. The SMILES string of the molecule is CC1CCC(Nc2nsnc2Cl)C1C. The van der Waals surface area contributed by atoms with Gasteiger partial charge in [-0.25, -0.2) is 0 Å². The summed E-state index contributed by atoms with van der Waals surface area (Å²) in [4.78, 5) is 0. The van der Waals surface area contributed by atoms with Crippen molar-refractivity contribution in [3.63, 3.8) is 0 Å². The van der Waals surface area contributed by atoms with Gasteiger partial charge in [-0.05, 0) is 24.7 Å². The van der Waals surface area contributed by atoms with Crippen LogP contribution in [0.4, 0.5) is 5.82 Å². The monoisotopic (exact) mass is 231 g/mol. The van der Waals surface area contributed by atoms with Crippen LogP contribution >= 0.6 is 23.3 Å². The third-order valence-electron chi connectivity index (χ3n) is 3.24. The first-order valence-corrected chi connectivity index (χ1v) is 6.04. The maximum absolute atomic E-state index is 5.88. The van der Waals surface area contributed by atoms with E-state index in [4.69, 9.17) is 11.6 Å². The molecule has 14 heavy (non-hydrogen) atoms. The summed E-state index contributed by atoms with van der Waals surface area (Å²) in [5, 5.41) is 3.88. The molecule has 1 aromatic heterocycles. The van der Waals surface area contributed by atoms with Gasteiger partial charge < -0.3 is 5.32 Å². The quantitative estimate of drug-likeness (QED) is 0.850. The van der Waals surface area contributed by atoms with Crippen molar-refractivity contribution in [1.29, 1.82) is 0 Å². The van der Waals surface area contributed by atoms with Gasteiger partial charge in [-0.2, -0.15) is 8.75 Å². The Labute approximate surface area is 93.2 Å². The maximum atomic E-state index is 5.88. The lowest BCUT2D eigenvalue weighted by Crippen LogP contribution is -2.24. The van der Waals surface area contributed by atoms with Gasteiger partial charge in [-0.3, -0.25) is 0 Å². The van der Waals surface area contributed by atoms with E-state index in [1.165, 1.54) is 12.8 Å². The first kappa shape index (κ1) is 10.2. The van der Waals surface area contributed by atoms with Gasteiger partial charge in [-0.15, -0.1) is 0 Å². The second kappa shape index (κ2) is 4.03. The van der Waals surface area contributed by atoms with E-state index in [1.54, 1.807) is 0 Å². The Balaban J connectivity index is 2.02. The van der Waals surface area contributed by atoms with Crippen molar-refractivity contribution in [2.24, 2.45) is 11.8 Å².